The molecule has 0 unspecified atom stereocenters. The van der Waals surface area contributed by atoms with E-state index in [9.17, 15) is 18.8 Å². The second-order valence-corrected chi connectivity index (χ2v) is 5.71. The number of benzene rings is 2. The van der Waals surface area contributed by atoms with E-state index in [-0.39, 0.29) is 12.1 Å². The highest BCUT2D eigenvalue weighted by Crippen LogP contribution is 2.30. The minimum atomic E-state index is -0.752. The summed E-state index contributed by atoms with van der Waals surface area (Å²) in [4.78, 5) is 36.6. The van der Waals surface area contributed by atoms with Crippen LogP contribution in [0.3, 0.4) is 0 Å². The van der Waals surface area contributed by atoms with Gasteiger partial charge in [0.2, 0.25) is 0 Å². The fourth-order valence-electron chi connectivity index (χ4n) is 2.88. The van der Waals surface area contributed by atoms with E-state index >= 15 is 0 Å². The van der Waals surface area contributed by atoms with Gasteiger partial charge in [0.05, 0.1) is 29.7 Å². The summed E-state index contributed by atoms with van der Waals surface area (Å²) in [7, 11) is 0. The highest BCUT2D eigenvalue weighted by molar-refractivity contribution is 6.52. The summed E-state index contributed by atoms with van der Waals surface area (Å²) >= 11 is 0. The van der Waals surface area contributed by atoms with Crippen molar-refractivity contribution in [3.63, 3.8) is 0 Å². The summed E-state index contributed by atoms with van der Waals surface area (Å²) in [5.74, 6) is -2.07. The molecule has 4 rings (SSSR count). The average Bonchev–Trinajstić information content (AvgIpc) is 3.21. The van der Waals surface area contributed by atoms with Crippen molar-refractivity contribution in [1.29, 1.82) is 0 Å². The highest BCUT2D eigenvalue weighted by Gasteiger charge is 2.36. The molecule has 0 atom stereocenters. The van der Waals surface area contributed by atoms with Crippen molar-refractivity contribution >= 4 is 23.7 Å². The molecule has 2 heterocycles. The van der Waals surface area contributed by atoms with Crippen LogP contribution < -0.4 is 4.90 Å². The molecule has 0 N–H and O–H groups in total. The monoisotopic (exact) mass is 350 g/mol. The first kappa shape index (κ1) is 15.8. The number of para-hydroxylation sites is 1. The Labute approximate surface area is 146 Å². The molecule has 0 saturated heterocycles. The molecule has 128 valence electrons. The first-order valence-electron chi connectivity index (χ1n) is 7.70. The first-order valence-corrected chi connectivity index (χ1v) is 7.70. The summed E-state index contributed by atoms with van der Waals surface area (Å²) in [6.45, 7) is 0.00641. The standard InChI is InChI=1S/C18H11FN4O3/c19-12-5-6-16-14(7-12)17(25)18(26)22(16)8-13-9-23(21-20-13)15-4-2-1-3-11(15)10-24/h1-7,9-10H,8H2. The van der Waals surface area contributed by atoms with Crippen molar-refractivity contribution in [2.75, 3.05) is 4.90 Å². The van der Waals surface area contributed by atoms with Crippen molar-refractivity contribution in [3.8, 4) is 5.69 Å². The maximum absolute atomic E-state index is 13.3. The number of fused-ring (bicyclic) bond motifs is 1. The van der Waals surface area contributed by atoms with Gasteiger partial charge in [-0.25, -0.2) is 9.07 Å². The molecule has 0 radical (unpaired) electrons. The van der Waals surface area contributed by atoms with Gasteiger partial charge in [-0.2, -0.15) is 0 Å². The van der Waals surface area contributed by atoms with E-state index < -0.39 is 17.5 Å². The van der Waals surface area contributed by atoms with Gasteiger partial charge in [-0.1, -0.05) is 17.3 Å². The van der Waals surface area contributed by atoms with Gasteiger partial charge < -0.3 is 0 Å². The number of nitrogens with zero attached hydrogens (tertiary/aromatic N) is 4. The molecule has 0 fully saturated rings. The average molecular weight is 350 g/mol. The van der Waals surface area contributed by atoms with Crippen LogP contribution in [0.4, 0.5) is 10.1 Å². The molecular weight excluding hydrogens is 339 g/mol. The number of anilines is 1. The summed E-state index contributed by atoms with van der Waals surface area (Å²) in [5.41, 5.74) is 1.78. The van der Waals surface area contributed by atoms with E-state index in [0.29, 0.717) is 28.9 Å². The molecule has 8 heteroatoms. The molecular formula is C18H11FN4O3. The van der Waals surface area contributed by atoms with Crippen LogP contribution in [-0.4, -0.2) is 33.0 Å². The number of halogens is 1. The zero-order chi connectivity index (χ0) is 18.3. The van der Waals surface area contributed by atoms with Crippen LogP contribution in [0.25, 0.3) is 5.69 Å². The highest BCUT2D eigenvalue weighted by atomic mass is 19.1. The summed E-state index contributed by atoms with van der Waals surface area (Å²) in [6, 6.07) is 10.5. The molecule has 1 aromatic heterocycles. The SMILES string of the molecule is O=Cc1ccccc1-n1cc(CN2C(=O)C(=O)c3cc(F)ccc32)nn1. The zero-order valence-corrected chi connectivity index (χ0v) is 13.3. The molecule has 1 amide bonds. The van der Waals surface area contributed by atoms with E-state index in [1.165, 1.54) is 21.7 Å². The number of hydrogen-bond acceptors (Lipinski definition) is 5. The van der Waals surface area contributed by atoms with Crippen LogP contribution in [0, 0.1) is 5.82 Å². The second-order valence-electron chi connectivity index (χ2n) is 5.71. The van der Waals surface area contributed by atoms with Crippen molar-refractivity contribution in [2.24, 2.45) is 0 Å². The maximum atomic E-state index is 13.3. The van der Waals surface area contributed by atoms with E-state index in [2.05, 4.69) is 10.3 Å². The van der Waals surface area contributed by atoms with Gasteiger partial charge in [0.25, 0.3) is 11.7 Å². The number of aldehydes is 1. The third-order valence-corrected chi connectivity index (χ3v) is 4.10. The quantitative estimate of drug-likeness (QED) is 0.530. The Kier molecular flexibility index (Phi) is 3.65. The lowest BCUT2D eigenvalue weighted by atomic mass is 10.1. The normalized spacial score (nSPS) is 13.2. The largest absolute Gasteiger partial charge is 0.299 e. The van der Waals surface area contributed by atoms with E-state index in [0.717, 1.165) is 6.07 Å². The lowest BCUT2D eigenvalue weighted by Gasteiger charge is -2.14. The molecule has 0 aliphatic carbocycles. The Morgan fingerprint density at radius 3 is 2.69 bits per heavy atom. The molecule has 3 aromatic rings. The fourth-order valence-corrected chi connectivity index (χ4v) is 2.88. The Morgan fingerprint density at radius 1 is 1.08 bits per heavy atom. The third kappa shape index (κ3) is 2.48. The smallest absolute Gasteiger partial charge is 0.299 e. The zero-order valence-electron chi connectivity index (χ0n) is 13.3. The molecule has 0 spiro atoms. The van der Waals surface area contributed by atoms with Crippen molar-refractivity contribution in [1.82, 2.24) is 15.0 Å². The first-order chi connectivity index (χ1) is 12.6. The number of ketones is 1. The van der Waals surface area contributed by atoms with Gasteiger partial charge >= 0.3 is 0 Å². The second kappa shape index (κ2) is 5.99. The van der Waals surface area contributed by atoms with E-state index in [1.54, 1.807) is 30.5 Å². The van der Waals surface area contributed by atoms with E-state index in [1.807, 2.05) is 0 Å². The van der Waals surface area contributed by atoms with Crippen molar-refractivity contribution in [2.45, 2.75) is 6.54 Å². The number of Topliss-reactive ketones (excluding diaryl/α,β-unsaturated/α-hetero) is 1. The predicted octanol–water partition coefficient (Wildman–Crippen LogP) is 1.95. The Hall–Kier alpha value is -3.68. The van der Waals surface area contributed by atoms with Crippen LogP contribution in [0.15, 0.2) is 48.7 Å². The Balaban J connectivity index is 1.66. The minimum absolute atomic E-state index is 0.00641. The van der Waals surface area contributed by atoms with Gasteiger partial charge in [0.1, 0.15) is 11.5 Å². The number of aromatic nitrogens is 3. The topological polar surface area (TPSA) is 85.2 Å². The van der Waals surface area contributed by atoms with Gasteiger partial charge in [0, 0.05) is 5.56 Å². The number of carbonyl (C=O) groups excluding carboxylic acids is 3. The van der Waals surface area contributed by atoms with Crippen LogP contribution in [0.5, 0.6) is 0 Å². The Morgan fingerprint density at radius 2 is 1.88 bits per heavy atom. The predicted molar refractivity (Wildman–Crippen MR) is 88.7 cm³/mol. The number of rotatable bonds is 4. The van der Waals surface area contributed by atoms with E-state index in [4.69, 9.17) is 0 Å². The molecule has 0 saturated carbocycles. The fraction of sp³-hybridized carbons (Fsp3) is 0.0556. The van der Waals surface area contributed by atoms with Gasteiger partial charge in [-0.15, -0.1) is 5.10 Å². The molecule has 2 aromatic carbocycles. The molecule has 26 heavy (non-hydrogen) atoms. The van der Waals surface area contributed by atoms with Gasteiger partial charge in [0.15, 0.2) is 6.29 Å². The number of carbonyl (C=O) groups is 3. The lowest BCUT2D eigenvalue weighted by Crippen LogP contribution is -2.29. The molecule has 1 aliphatic heterocycles. The summed E-state index contributed by atoms with van der Waals surface area (Å²) in [5, 5.41) is 7.98. The van der Waals surface area contributed by atoms with Crippen LogP contribution in [0.1, 0.15) is 26.4 Å². The summed E-state index contributed by atoms with van der Waals surface area (Å²) < 4.78 is 14.8. The van der Waals surface area contributed by atoms with Crippen LogP contribution >= 0.6 is 0 Å². The third-order valence-electron chi connectivity index (χ3n) is 4.10. The molecule has 7 nitrogen and oxygen atoms in total. The lowest BCUT2D eigenvalue weighted by molar-refractivity contribution is -0.114. The molecule has 1 aliphatic rings. The van der Waals surface area contributed by atoms with Gasteiger partial charge in [-0.3, -0.25) is 19.3 Å². The van der Waals surface area contributed by atoms with Crippen LogP contribution in [0.2, 0.25) is 0 Å². The number of amides is 1. The van der Waals surface area contributed by atoms with Crippen LogP contribution in [-0.2, 0) is 11.3 Å². The van der Waals surface area contributed by atoms with Gasteiger partial charge in [-0.05, 0) is 30.3 Å². The molecule has 0 bridgehead atoms. The minimum Gasteiger partial charge on any atom is -0.299 e. The number of hydrogen-bond donors (Lipinski definition) is 0. The summed E-state index contributed by atoms with van der Waals surface area (Å²) in [6.07, 6.45) is 2.28. The van der Waals surface area contributed by atoms with Crippen molar-refractivity contribution in [3.05, 3.63) is 71.3 Å². The maximum Gasteiger partial charge on any atom is 0.299 e. The van der Waals surface area contributed by atoms with Crippen molar-refractivity contribution < 1.29 is 18.8 Å². The Bertz CT molecular complexity index is 1060.